The van der Waals surface area contributed by atoms with Gasteiger partial charge in [-0.25, -0.2) is 9.36 Å². The molecule has 1 N–H and O–H groups in total. The second-order valence-electron chi connectivity index (χ2n) is 10.9. The number of halogens is 1. The van der Waals surface area contributed by atoms with Crippen LogP contribution in [0.3, 0.4) is 0 Å². The molecule has 1 aliphatic heterocycles. The number of benzene rings is 3. The summed E-state index contributed by atoms with van der Waals surface area (Å²) in [6.45, 7) is 10.1. The fraction of sp³-hybridized carbons (Fsp3) is 0.206. The van der Waals surface area contributed by atoms with Gasteiger partial charge >= 0.3 is 0 Å². The van der Waals surface area contributed by atoms with E-state index in [0.29, 0.717) is 63.3 Å². The molecule has 220 valence electrons. The van der Waals surface area contributed by atoms with Crippen molar-refractivity contribution in [2.45, 2.75) is 32.2 Å². The number of rotatable bonds is 6. The van der Waals surface area contributed by atoms with E-state index in [9.17, 15) is 14.4 Å². The zero-order valence-corrected chi connectivity index (χ0v) is 25.8. The molecule has 2 aromatic heterocycles. The summed E-state index contributed by atoms with van der Waals surface area (Å²) in [6, 6.07) is 22.1. The van der Waals surface area contributed by atoms with Gasteiger partial charge in [0.15, 0.2) is 0 Å². The van der Waals surface area contributed by atoms with Crippen molar-refractivity contribution in [3.63, 3.8) is 0 Å². The maximum atomic E-state index is 14.3. The van der Waals surface area contributed by atoms with Crippen LogP contribution in [0.5, 0.6) is 0 Å². The van der Waals surface area contributed by atoms with Crippen LogP contribution >= 0.6 is 15.9 Å². The van der Waals surface area contributed by atoms with Crippen LogP contribution in [0.15, 0.2) is 88.3 Å². The van der Waals surface area contributed by atoms with Gasteiger partial charge in [0.1, 0.15) is 5.65 Å². The van der Waals surface area contributed by atoms with Gasteiger partial charge in [-0.3, -0.25) is 19.0 Å². The van der Waals surface area contributed by atoms with Crippen molar-refractivity contribution in [3.8, 4) is 5.69 Å². The van der Waals surface area contributed by atoms with Gasteiger partial charge < -0.3 is 10.2 Å². The summed E-state index contributed by atoms with van der Waals surface area (Å²) in [5.41, 5.74) is 5.72. The number of aromatic nitrogens is 3. The van der Waals surface area contributed by atoms with Gasteiger partial charge in [-0.15, -0.1) is 0 Å². The molecular formula is C34H29BrN6O3. The van der Waals surface area contributed by atoms with Crippen molar-refractivity contribution < 1.29 is 9.59 Å². The Morgan fingerprint density at radius 1 is 1.07 bits per heavy atom. The molecule has 1 atom stereocenters. The summed E-state index contributed by atoms with van der Waals surface area (Å²) in [7, 11) is 1.58. The molecule has 0 spiro atoms. The van der Waals surface area contributed by atoms with Crippen molar-refractivity contribution in [1.29, 1.82) is 0 Å². The Hall–Kier alpha value is -5.01. The average molecular weight is 650 g/mol. The highest BCUT2D eigenvalue weighted by Crippen LogP contribution is 2.30. The lowest BCUT2D eigenvalue weighted by Crippen LogP contribution is -2.41. The van der Waals surface area contributed by atoms with E-state index >= 15 is 0 Å². The Labute approximate surface area is 262 Å². The second-order valence-corrected chi connectivity index (χ2v) is 11.7. The molecule has 0 fully saturated rings. The Morgan fingerprint density at radius 3 is 2.50 bits per heavy atom. The van der Waals surface area contributed by atoms with Gasteiger partial charge in [-0.1, -0.05) is 65.3 Å². The zero-order chi connectivity index (χ0) is 31.0. The first kappa shape index (κ1) is 29.1. The van der Waals surface area contributed by atoms with Crippen LogP contribution in [0.2, 0.25) is 0 Å². The molecule has 1 aliphatic rings. The summed E-state index contributed by atoms with van der Waals surface area (Å²) in [5.74, 6) is -0.257. The average Bonchev–Trinajstić information content (AvgIpc) is 3.47. The van der Waals surface area contributed by atoms with Gasteiger partial charge in [0, 0.05) is 40.3 Å². The third-order valence-corrected chi connectivity index (χ3v) is 8.85. The van der Waals surface area contributed by atoms with Gasteiger partial charge in [0.05, 0.1) is 30.7 Å². The lowest BCUT2D eigenvalue weighted by molar-refractivity contribution is 0.0729. The number of amides is 2. The van der Waals surface area contributed by atoms with Crippen molar-refractivity contribution in [2.75, 3.05) is 13.6 Å². The molecule has 5 aromatic rings. The van der Waals surface area contributed by atoms with E-state index in [1.165, 1.54) is 5.56 Å². The lowest BCUT2D eigenvalue weighted by Gasteiger charge is -2.30. The Kier molecular flexibility index (Phi) is 7.89. The van der Waals surface area contributed by atoms with Crippen molar-refractivity contribution in [2.24, 2.45) is 0 Å². The van der Waals surface area contributed by atoms with Crippen LogP contribution in [-0.4, -0.2) is 44.5 Å². The molecular weight excluding hydrogens is 620 g/mol. The number of hydrogen-bond donors (Lipinski definition) is 1. The minimum absolute atomic E-state index is 0.159. The van der Waals surface area contributed by atoms with Crippen LogP contribution in [0.1, 0.15) is 55.9 Å². The maximum absolute atomic E-state index is 14.3. The molecule has 3 heterocycles. The van der Waals surface area contributed by atoms with Gasteiger partial charge in [-0.2, -0.15) is 5.10 Å². The summed E-state index contributed by atoms with van der Waals surface area (Å²) >= 11 is 3.36. The molecule has 6 rings (SSSR count). The molecule has 10 heteroatoms. The SMILES string of the molecule is [C-]#[N+]c1cc(C(=O)N2CCc3c(n4ncc(C[C@@H](C)c5ccccc5)c4n(-c4ccc(C(=O)NC)cc4)c3=O)C2)ccc1Br. The first-order valence-corrected chi connectivity index (χ1v) is 15.1. The topological polar surface area (TPSA) is 93.1 Å². The smallest absolute Gasteiger partial charge is 0.261 e. The molecule has 0 saturated heterocycles. The van der Waals surface area contributed by atoms with E-state index < -0.39 is 0 Å². The summed E-state index contributed by atoms with van der Waals surface area (Å²) in [4.78, 5) is 45.3. The van der Waals surface area contributed by atoms with Crippen LogP contribution in [0.4, 0.5) is 5.69 Å². The Balaban J connectivity index is 1.47. The number of carbonyl (C=O) groups is 2. The summed E-state index contributed by atoms with van der Waals surface area (Å²) in [5, 5.41) is 7.41. The maximum Gasteiger partial charge on any atom is 0.261 e. The normalized spacial score (nSPS) is 13.3. The second kappa shape index (κ2) is 11.9. The van der Waals surface area contributed by atoms with Crippen LogP contribution in [0, 0.1) is 6.57 Å². The largest absolute Gasteiger partial charge is 0.355 e. The van der Waals surface area contributed by atoms with Crippen molar-refractivity contribution >= 4 is 39.1 Å². The lowest BCUT2D eigenvalue weighted by atomic mass is 9.95. The Bertz CT molecular complexity index is 2010. The first-order valence-electron chi connectivity index (χ1n) is 14.3. The van der Waals surface area contributed by atoms with E-state index in [1.807, 2.05) is 18.2 Å². The minimum Gasteiger partial charge on any atom is -0.355 e. The third kappa shape index (κ3) is 5.20. The summed E-state index contributed by atoms with van der Waals surface area (Å²) in [6.07, 6.45) is 2.80. The number of nitrogens with zero attached hydrogens (tertiary/aromatic N) is 5. The molecule has 0 aliphatic carbocycles. The highest BCUT2D eigenvalue weighted by atomic mass is 79.9. The van der Waals surface area contributed by atoms with E-state index in [4.69, 9.17) is 11.7 Å². The van der Waals surface area contributed by atoms with Crippen molar-refractivity contribution in [3.05, 3.63) is 139 Å². The van der Waals surface area contributed by atoms with Gasteiger partial charge in [0.2, 0.25) is 5.69 Å². The highest BCUT2D eigenvalue weighted by Gasteiger charge is 2.29. The number of nitrogens with one attached hydrogen (secondary N) is 1. The Morgan fingerprint density at radius 2 is 1.80 bits per heavy atom. The number of hydrogen-bond acceptors (Lipinski definition) is 4. The van der Waals surface area contributed by atoms with Gasteiger partial charge in [-0.05, 0) is 54.7 Å². The van der Waals surface area contributed by atoms with E-state index in [-0.39, 0.29) is 29.8 Å². The number of carbonyl (C=O) groups excluding carboxylic acids is 2. The molecule has 0 bridgehead atoms. The third-order valence-electron chi connectivity index (χ3n) is 8.18. The molecule has 2 amide bonds. The van der Waals surface area contributed by atoms with Gasteiger partial charge in [0.25, 0.3) is 17.4 Å². The minimum atomic E-state index is -0.208. The predicted molar refractivity (Wildman–Crippen MR) is 172 cm³/mol. The monoisotopic (exact) mass is 648 g/mol. The van der Waals surface area contributed by atoms with Crippen LogP contribution < -0.4 is 10.9 Å². The predicted octanol–water partition coefficient (Wildman–Crippen LogP) is 5.70. The van der Waals surface area contributed by atoms with E-state index in [0.717, 1.165) is 5.56 Å². The highest BCUT2D eigenvalue weighted by molar-refractivity contribution is 9.10. The fourth-order valence-electron chi connectivity index (χ4n) is 5.82. The van der Waals surface area contributed by atoms with E-state index in [1.54, 1.807) is 69.7 Å². The molecule has 44 heavy (non-hydrogen) atoms. The standard InChI is InChI=1S/C34H29BrN6O3/c1-21(22-7-5-4-6-8-22)17-25-19-38-41-30-20-39(33(43)24-11-14-28(35)29(18-24)36-2)16-15-27(30)34(44)40(32(25)41)26-12-9-23(10-13-26)31(42)37-3/h4-14,18-19,21H,15-17,20H2,1,3H3,(H,37,42)/t21-/m1/s1. The molecule has 0 unspecified atom stereocenters. The first-order chi connectivity index (χ1) is 21.3. The summed E-state index contributed by atoms with van der Waals surface area (Å²) < 4.78 is 4.11. The van der Waals surface area contributed by atoms with E-state index in [2.05, 4.69) is 45.1 Å². The molecule has 0 saturated carbocycles. The van der Waals surface area contributed by atoms with Crippen LogP contribution in [-0.2, 0) is 19.4 Å². The molecule has 9 nitrogen and oxygen atoms in total. The quantitative estimate of drug-likeness (QED) is 0.239. The number of fused-ring (bicyclic) bond motifs is 3. The van der Waals surface area contributed by atoms with Crippen molar-refractivity contribution in [1.82, 2.24) is 24.4 Å². The molecule has 0 radical (unpaired) electrons. The fourth-order valence-corrected chi connectivity index (χ4v) is 6.16. The van der Waals surface area contributed by atoms with Crippen LogP contribution in [0.25, 0.3) is 16.2 Å². The molecule has 3 aromatic carbocycles. The zero-order valence-electron chi connectivity index (χ0n) is 24.3.